The fourth-order valence-electron chi connectivity index (χ4n) is 2.52. The van der Waals surface area contributed by atoms with Gasteiger partial charge in [-0.25, -0.2) is 4.98 Å². The van der Waals surface area contributed by atoms with E-state index in [1.165, 1.54) is 16.7 Å². The van der Waals surface area contributed by atoms with E-state index in [4.69, 9.17) is 0 Å². The zero-order valence-electron chi connectivity index (χ0n) is 13.0. The summed E-state index contributed by atoms with van der Waals surface area (Å²) in [6, 6.07) is 6.84. The van der Waals surface area contributed by atoms with Gasteiger partial charge in [-0.15, -0.1) is 0 Å². The van der Waals surface area contributed by atoms with Gasteiger partial charge < -0.3 is 9.88 Å². The maximum Gasteiger partial charge on any atom is 0.130 e. The van der Waals surface area contributed by atoms with Gasteiger partial charge in [0, 0.05) is 18.9 Å². The monoisotopic (exact) mass is 271 g/mol. The molecule has 1 N–H and O–H groups in total. The molecule has 1 aromatic heterocycles. The minimum Gasteiger partial charge on any atom is -0.333 e. The van der Waals surface area contributed by atoms with Crippen LogP contribution < -0.4 is 5.32 Å². The fourth-order valence-corrected chi connectivity index (χ4v) is 2.52. The molecule has 0 saturated heterocycles. The zero-order chi connectivity index (χ0) is 14.5. The molecule has 0 fully saturated rings. The summed E-state index contributed by atoms with van der Waals surface area (Å²) < 4.78 is 2.25. The Kier molecular flexibility index (Phi) is 4.96. The predicted octanol–water partition coefficient (Wildman–Crippen LogP) is 3.61. The normalized spacial score (nSPS) is 12.6. The first-order valence-electron chi connectivity index (χ1n) is 7.48. The number of hydrogen-bond acceptors (Lipinski definition) is 2. The van der Waals surface area contributed by atoms with Crippen molar-refractivity contribution >= 4 is 0 Å². The van der Waals surface area contributed by atoms with Crippen molar-refractivity contribution in [2.24, 2.45) is 0 Å². The fraction of sp³-hybridized carbons (Fsp3) is 0.471. The molecule has 1 heterocycles. The third-order valence-electron chi connectivity index (χ3n) is 3.74. The van der Waals surface area contributed by atoms with Crippen molar-refractivity contribution in [3.63, 3.8) is 0 Å². The topological polar surface area (TPSA) is 29.9 Å². The third-order valence-corrected chi connectivity index (χ3v) is 3.74. The summed E-state index contributed by atoms with van der Waals surface area (Å²) in [6.45, 7) is 10.6. The van der Waals surface area contributed by atoms with Crippen LogP contribution in [0.5, 0.6) is 0 Å². The van der Waals surface area contributed by atoms with Crippen LogP contribution in [-0.2, 0) is 6.54 Å². The van der Waals surface area contributed by atoms with Crippen molar-refractivity contribution in [3.05, 3.63) is 53.1 Å². The molecule has 0 spiro atoms. The second-order valence-corrected chi connectivity index (χ2v) is 5.31. The predicted molar refractivity (Wildman–Crippen MR) is 84.0 cm³/mol. The molecule has 20 heavy (non-hydrogen) atoms. The highest BCUT2D eigenvalue weighted by molar-refractivity contribution is 5.34. The Labute approximate surface area is 122 Å². The van der Waals surface area contributed by atoms with Crippen molar-refractivity contribution in [2.45, 2.75) is 46.7 Å². The molecule has 1 unspecified atom stereocenters. The van der Waals surface area contributed by atoms with Crippen molar-refractivity contribution < 1.29 is 0 Å². The van der Waals surface area contributed by atoms with Crippen LogP contribution in [-0.4, -0.2) is 16.1 Å². The molecule has 2 aromatic rings. The summed E-state index contributed by atoms with van der Waals surface area (Å²) in [6.07, 6.45) is 5.09. The number of nitrogens with one attached hydrogen (secondary N) is 1. The summed E-state index contributed by atoms with van der Waals surface area (Å²) in [7, 11) is 0. The van der Waals surface area contributed by atoms with Crippen LogP contribution in [0.1, 0.15) is 48.8 Å². The zero-order valence-corrected chi connectivity index (χ0v) is 13.0. The highest BCUT2D eigenvalue weighted by atomic mass is 15.1. The molecule has 0 bridgehead atoms. The minimum atomic E-state index is 0.167. The molecule has 1 atom stereocenters. The lowest BCUT2D eigenvalue weighted by atomic mass is 10.0. The number of aryl methyl sites for hydroxylation is 3. The van der Waals surface area contributed by atoms with Gasteiger partial charge in [-0.2, -0.15) is 0 Å². The minimum absolute atomic E-state index is 0.167. The molecular weight excluding hydrogens is 246 g/mol. The van der Waals surface area contributed by atoms with Crippen LogP contribution in [0.15, 0.2) is 30.6 Å². The molecular formula is C17H25N3. The lowest BCUT2D eigenvalue weighted by Gasteiger charge is -2.20. The van der Waals surface area contributed by atoms with Gasteiger partial charge >= 0.3 is 0 Å². The third kappa shape index (κ3) is 3.10. The van der Waals surface area contributed by atoms with E-state index in [9.17, 15) is 0 Å². The van der Waals surface area contributed by atoms with Gasteiger partial charge in [-0.05, 0) is 43.5 Å². The lowest BCUT2D eigenvalue weighted by Crippen LogP contribution is -2.25. The van der Waals surface area contributed by atoms with Gasteiger partial charge in [0.15, 0.2) is 0 Å². The van der Waals surface area contributed by atoms with Gasteiger partial charge in [-0.1, -0.05) is 32.0 Å². The lowest BCUT2D eigenvalue weighted by molar-refractivity contribution is 0.544. The van der Waals surface area contributed by atoms with Crippen LogP contribution in [0.25, 0.3) is 0 Å². The van der Waals surface area contributed by atoms with E-state index in [1.54, 1.807) is 0 Å². The van der Waals surface area contributed by atoms with E-state index < -0.39 is 0 Å². The molecule has 0 saturated carbocycles. The van der Waals surface area contributed by atoms with Crippen molar-refractivity contribution in [1.29, 1.82) is 0 Å². The SMILES string of the molecule is CCCn1ccnc1C(NCC)c1ccc(C)c(C)c1. The van der Waals surface area contributed by atoms with Gasteiger partial charge in [-0.3, -0.25) is 0 Å². The quantitative estimate of drug-likeness (QED) is 0.870. The Morgan fingerprint density at radius 2 is 2.00 bits per heavy atom. The Morgan fingerprint density at radius 3 is 2.65 bits per heavy atom. The molecule has 1 aromatic carbocycles. The van der Waals surface area contributed by atoms with Crippen molar-refractivity contribution in [3.8, 4) is 0 Å². The highest BCUT2D eigenvalue weighted by Gasteiger charge is 2.18. The van der Waals surface area contributed by atoms with Gasteiger partial charge in [0.2, 0.25) is 0 Å². The summed E-state index contributed by atoms with van der Waals surface area (Å²) in [4.78, 5) is 4.58. The number of hydrogen-bond donors (Lipinski definition) is 1. The summed E-state index contributed by atoms with van der Waals surface area (Å²) in [5, 5.41) is 3.56. The average Bonchev–Trinajstić information content (AvgIpc) is 2.88. The Hall–Kier alpha value is -1.61. The number of benzene rings is 1. The maximum absolute atomic E-state index is 4.58. The summed E-state index contributed by atoms with van der Waals surface area (Å²) in [5.41, 5.74) is 3.96. The molecule has 0 amide bonds. The van der Waals surface area contributed by atoms with Crippen LogP contribution >= 0.6 is 0 Å². The number of imidazole rings is 1. The molecule has 108 valence electrons. The Bertz CT molecular complexity index is 557. The smallest absolute Gasteiger partial charge is 0.130 e. The van der Waals surface area contributed by atoms with Crippen molar-refractivity contribution in [2.75, 3.05) is 6.54 Å². The maximum atomic E-state index is 4.58. The summed E-state index contributed by atoms with van der Waals surface area (Å²) >= 11 is 0. The molecule has 0 aliphatic heterocycles. The number of aromatic nitrogens is 2. The average molecular weight is 271 g/mol. The van der Waals surface area contributed by atoms with Gasteiger partial charge in [0.05, 0.1) is 6.04 Å². The van der Waals surface area contributed by atoms with E-state index in [2.05, 4.69) is 67.0 Å². The molecule has 0 aliphatic rings. The van der Waals surface area contributed by atoms with Crippen LogP contribution in [0.2, 0.25) is 0 Å². The number of rotatable bonds is 6. The Balaban J connectivity index is 2.39. The Morgan fingerprint density at radius 1 is 1.20 bits per heavy atom. The highest BCUT2D eigenvalue weighted by Crippen LogP contribution is 2.23. The van der Waals surface area contributed by atoms with Crippen LogP contribution in [0, 0.1) is 13.8 Å². The van der Waals surface area contributed by atoms with E-state index in [-0.39, 0.29) is 6.04 Å². The second-order valence-electron chi connectivity index (χ2n) is 5.31. The first-order valence-corrected chi connectivity index (χ1v) is 7.48. The van der Waals surface area contributed by atoms with E-state index >= 15 is 0 Å². The largest absolute Gasteiger partial charge is 0.333 e. The van der Waals surface area contributed by atoms with Crippen LogP contribution in [0.3, 0.4) is 0 Å². The first kappa shape index (κ1) is 14.8. The molecule has 0 radical (unpaired) electrons. The van der Waals surface area contributed by atoms with E-state index in [0.29, 0.717) is 0 Å². The van der Waals surface area contributed by atoms with Crippen LogP contribution in [0.4, 0.5) is 0 Å². The second kappa shape index (κ2) is 6.71. The molecule has 0 aliphatic carbocycles. The first-order chi connectivity index (χ1) is 9.67. The number of nitrogens with zero attached hydrogens (tertiary/aromatic N) is 2. The van der Waals surface area contributed by atoms with Gasteiger partial charge in [0.25, 0.3) is 0 Å². The van der Waals surface area contributed by atoms with Crippen molar-refractivity contribution in [1.82, 2.24) is 14.9 Å². The molecule has 3 nitrogen and oxygen atoms in total. The summed E-state index contributed by atoms with van der Waals surface area (Å²) in [5.74, 6) is 1.11. The van der Waals surface area contributed by atoms with E-state index in [0.717, 1.165) is 25.3 Å². The standard InChI is InChI=1S/C17H25N3/c1-5-10-20-11-9-19-17(20)16(18-6-2)15-8-7-13(3)14(4)12-15/h7-9,11-12,16,18H,5-6,10H2,1-4H3. The molecule has 3 heteroatoms. The van der Waals surface area contributed by atoms with E-state index in [1.807, 2.05) is 6.20 Å². The van der Waals surface area contributed by atoms with Gasteiger partial charge in [0.1, 0.15) is 5.82 Å². The molecule has 2 rings (SSSR count).